The summed E-state index contributed by atoms with van der Waals surface area (Å²) in [6.07, 6.45) is -3.15. The molecule has 9 nitrogen and oxygen atoms in total. The molecular formula is C17H16F2N6O3S2. The number of carbonyl (C=O) groups is 1. The number of nitrogens with zero attached hydrogens (tertiary/aromatic N) is 2. The topological polar surface area (TPSA) is 121 Å². The lowest BCUT2D eigenvalue weighted by Crippen LogP contribution is -2.34. The van der Waals surface area contributed by atoms with Gasteiger partial charge in [0.15, 0.2) is 4.77 Å². The van der Waals surface area contributed by atoms with Crippen LogP contribution in [0, 0.1) is 11.7 Å². The first-order valence-corrected chi connectivity index (χ1v) is 10.3. The van der Waals surface area contributed by atoms with Crippen LogP contribution in [0.25, 0.3) is 5.69 Å². The van der Waals surface area contributed by atoms with Gasteiger partial charge in [-0.3, -0.25) is 30.0 Å². The third-order valence-electron chi connectivity index (χ3n) is 3.91. The minimum Gasteiger partial charge on any atom is -0.298 e. The van der Waals surface area contributed by atoms with Crippen LogP contribution < -0.4 is 15.6 Å². The summed E-state index contributed by atoms with van der Waals surface area (Å²) in [5.41, 5.74) is 5.33. The average Bonchev–Trinajstić information content (AvgIpc) is 3.05. The molecule has 0 unspecified atom stereocenters. The third-order valence-corrected chi connectivity index (χ3v) is 5.58. The first kappa shape index (κ1) is 21.4. The van der Waals surface area contributed by atoms with Gasteiger partial charge in [0.1, 0.15) is 5.82 Å². The highest BCUT2D eigenvalue weighted by Gasteiger charge is 2.16. The van der Waals surface area contributed by atoms with Crippen molar-refractivity contribution in [1.82, 2.24) is 20.2 Å². The van der Waals surface area contributed by atoms with Crippen LogP contribution in [0.2, 0.25) is 0 Å². The zero-order chi connectivity index (χ0) is 21.9. The molecule has 0 aliphatic carbocycles. The second kappa shape index (κ2) is 8.59. The summed E-state index contributed by atoms with van der Waals surface area (Å²) >= 11 is 5.15. The number of alkyl halides is 2. The molecule has 0 spiro atoms. The van der Waals surface area contributed by atoms with E-state index in [-0.39, 0.29) is 10.6 Å². The van der Waals surface area contributed by atoms with E-state index in [9.17, 15) is 22.0 Å². The van der Waals surface area contributed by atoms with Gasteiger partial charge in [0.25, 0.3) is 10.0 Å². The van der Waals surface area contributed by atoms with E-state index in [1.165, 1.54) is 36.4 Å². The Balaban J connectivity index is 1.70. The molecule has 0 radical (unpaired) electrons. The Hall–Kier alpha value is -3.32. The van der Waals surface area contributed by atoms with Gasteiger partial charge in [-0.05, 0) is 67.7 Å². The molecule has 3 aromatic rings. The van der Waals surface area contributed by atoms with Gasteiger partial charge >= 0.3 is 12.3 Å². The van der Waals surface area contributed by atoms with E-state index in [4.69, 9.17) is 12.2 Å². The number of benzene rings is 2. The summed E-state index contributed by atoms with van der Waals surface area (Å²) < 4.78 is 53.9. The first-order valence-electron chi connectivity index (χ1n) is 8.39. The van der Waals surface area contributed by atoms with E-state index >= 15 is 0 Å². The van der Waals surface area contributed by atoms with Gasteiger partial charge in [-0.15, -0.1) is 0 Å². The van der Waals surface area contributed by atoms with Crippen molar-refractivity contribution >= 4 is 39.5 Å². The first-order chi connectivity index (χ1) is 14.2. The second-order valence-corrected chi connectivity index (χ2v) is 8.07. The molecule has 2 aromatic carbocycles. The van der Waals surface area contributed by atoms with E-state index in [2.05, 4.69) is 20.3 Å². The molecule has 1 aromatic heterocycles. The molecule has 4 N–H and O–H groups in total. The van der Waals surface area contributed by atoms with Crippen molar-refractivity contribution in [3.05, 3.63) is 59.1 Å². The van der Waals surface area contributed by atoms with E-state index < -0.39 is 22.4 Å². The van der Waals surface area contributed by atoms with Crippen molar-refractivity contribution in [1.29, 1.82) is 0 Å². The highest BCUT2D eigenvalue weighted by molar-refractivity contribution is 7.92. The Morgan fingerprint density at radius 3 is 2.23 bits per heavy atom. The predicted molar refractivity (Wildman–Crippen MR) is 109 cm³/mol. The number of carbonyl (C=O) groups excluding carboxylic acids is 1. The molecule has 0 aliphatic rings. The molecule has 0 saturated carbocycles. The molecule has 30 heavy (non-hydrogen) atoms. The highest BCUT2D eigenvalue weighted by atomic mass is 32.2. The molecule has 0 aliphatic heterocycles. The second-order valence-electron chi connectivity index (χ2n) is 6.00. The Morgan fingerprint density at radius 2 is 1.70 bits per heavy atom. The number of aromatic amines is 1. The fraction of sp³-hybridized carbons (Fsp3) is 0.118. The van der Waals surface area contributed by atoms with Gasteiger partial charge in [0.05, 0.1) is 10.6 Å². The number of sulfonamides is 1. The maximum atomic E-state index is 12.6. The maximum absolute atomic E-state index is 12.6. The number of H-pyrrole nitrogens is 1. The van der Waals surface area contributed by atoms with Crippen LogP contribution in [0.4, 0.5) is 20.2 Å². The van der Waals surface area contributed by atoms with Crippen molar-refractivity contribution < 1.29 is 22.0 Å². The fourth-order valence-corrected chi connectivity index (χ4v) is 3.82. The Bertz CT molecular complexity index is 1210. The summed E-state index contributed by atoms with van der Waals surface area (Å²) in [4.78, 5) is 10.9. The number of nitrogens with one attached hydrogen (secondary N) is 4. The number of hydrogen-bond acceptors (Lipinski definition) is 6. The lowest BCUT2D eigenvalue weighted by Gasteiger charge is -2.11. The minimum atomic E-state index is -3.87. The molecular weight excluding hydrogens is 438 g/mol. The van der Waals surface area contributed by atoms with Crippen LogP contribution in [-0.2, 0) is 14.8 Å². The molecule has 0 atom stereocenters. The van der Waals surface area contributed by atoms with Gasteiger partial charge in [0.2, 0.25) is 0 Å². The maximum Gasteiger partial charge on any atom is 0.317 e. The van der Waals surface area contributed by atoms with Gasteiger partial charge < -0.3 is 0 Å². The van der Waals surface area contributed by atoms with Crippen LogP contribution >= 0.6 is 12.2 Å². The van der Waals surface area contributed by atoms with Gasteiger partial charge in [0, 0.05) is 11.4 Å². The van der Waals surface area contributed by atoms with E-state index in [0.717, 1.165) is 0 Å². The molecule has 0 bridgehead atoms. The number of anilines is 2. The number of hydrogen-bond donors (Lipinski definition) is 4. The lowest BCUT2D eigenvalue weighted by molar-refractivity contribution is -0.131. The third kappa shape index (κ3) is 4.80. The van der Waals surface area contributed by atoms with Crippen molar-refractivity contribution in [3.8, 4) is 5.69 Å². The van der Waals surface area contributed by atoms with Gasteiger partial charge in [-0.2, -0.15) is 13.9 Å². The minimum absolute atomic E-state index is 0.0327. The van der Waals surface area contributed by atoms with Crippen LogP contribution in [0.15, 0.2) is 53.4 Å². The van der Waals surface area contributed by atoms with Gasteiger partial charge in [-0.25, -0.2) is 8.42 Å². The van der Waals surface area contributed by atoms with Crippen molar-refractivity contribution in [2.45, 2.75) is 18.2 Å². The molecule has 158 valence electrons. The fourth-order valence-electron chi connectivity index (χ4n) is 2.48. The molecule has 0 fully saturated rings. The Morgan fingerprint density at radius 1 is 1.10 bits per heavy atom. The normalized spacial score (nSPS) is 11.3. The summed E-state index contributed by atoms with van der Waals surface area (Å²) in [5.74, 6) is -0.845. The van der Waals surface area contributed by atoms with Gasteiger partial charge in [-0.1, -0.05) is 0 Å². The number of rotatable bonds is 7. The zero-order valence-corrected chi connectivity index (χ0v) is 17.0. The quantitative estimate of drug-likeness (QED) is 0.322. The Labute approximate surface area is 175 Å². The predicted octanol–water partition coefficient (Wildman–Crippen LogP) is 2.75. The molecule has 1 heterocycles. The molecule has 1 amide bonds. The summed E-state index contributed by atoms with van der Waals surface area (Å²) in [6, 6.07) is 11.7. The molecule has 13 heteroatoms. The number of aryl methyl sites for hydroxylation is 1. The van der Waals surface area contributed by atoms with E-state index in [0.29, 0.717) is 22.0 Å². The van der Waals surface area contributed by atoms with Crippen LogP contribution in [0.3, 0.4) is 0 Å². The zero-order valence-electron chi connectivity index (χ0n) is 15.4. The standard InChI is InChI=1S/C17H16F2N6O3S2/c1-10-20-23-17(29)25(10)13-6-8-14(9-7-13)30(27,28)24-12-4-2-11(3-5-12)21-22-16(26)15(18)19/h2-9,15,21,24H,1H3,(H,22,26)(H,23,29). The summed E-state index contributed by atoms with van der Waals surface area (Å²) in [6.45, 7) is 1.76. The Kier molecular flexibility index (Phi) is 6.12. The molecule has 3 rings (SSSR count). The smallest absolute Gasteiger partial charge is 0.298 e. The number of amides is 1. The van der Waals surface area contributed by atoms with Crippen molar-refractivity contribution in [2.75, 3.05) is 10.1 Å². The number of aromatic nitrogens is 3. The van der Waals surface area contributed by atoms with Crippen molar-refractivity contribution in [2.24, 2.45) is 0 Å². The summed E-state index contributed by atoms with van der Waals surface area (Å²) in [5, 5.41) is 6.67. The lowest BCUT2D eigenvalue weighted by atomic mass is 10.3. The van der Waals surface area contributed by atoms with E-state index in [1.807, 2.05) is 5.43 Å². The van der Waals surface area contributed by atoms with Crippen LogP contribution in [-0.4, -0.2) is 35.5 Å². The largest absolute Gasteiger partial charge is 0.317 e. The monoisotopic (exact) mass is 454 g/mol. The van der Waals surface area contributed by atoms with Crippen LogP contribution in [0.1, 0.15) is 5.82 Å². The molecule has 0 saturated heterocycles. The summed E-state index contributed by atoms with van der Waals surface area (Å²) in [7, 11) is -3.87. The average molecular weight is 454 g/mol. The number of halogens is 2. The van der Waals surface area contributed by atoms with Crippen LogP contribution in [0.5, 0.6) is 0 Å². The van der Waals surface area contributed by atoms with E-state index in [1.54, 1.807) is 23.6 Å². The highest BCUT2D eigenvalue weighted by Crippen LogP contribution is 2.20. The number of hydrazine groups is 1. The van der Waals surface area contributed by atoms with Crippen molar-refractivity contribution in [3.63, 3.8) is 0 Å². The SMILES string of the molecule is Cc1n[nH]c(=S)n1-c1ccc(S(=O)(=O)Nc2ccc(NNC(=O)C(F)F)cc2)cc1.